The highest BCUT2D eigenvalue weighted by molar-refractivity contribution is 9.10. The summed E-state index contributed by atoms with van der Waals surface area (Å²) in [5.74, 6) is 0.231. The Morgan fingerprint density at radius 2 is 2.12 bits per heavy atom. The lowest BCUT2D eigenvalue weighted by Crippen LogP contribution is -1.98. The summed E-state index contributed by atoms with van der Waals surface area (Å²) in [4.78, 5) is 15.3. The van der Waals surface area contributed by atoms with Gasteiger partial charge in [-0.25, -0.2) is 0 Å². The van der Waals surface area contributed by atoms with E-state index in [9.17, 15) is 4.79 Å². The molecule has 17 heavy (non-hydrogen) atoms. The van der Waals surface area contributed by atoms with Crippen LogP contribution in [-0.4, -0.2) is 10.8 Å². The summed E-state index contributed by atoms with van der Waals surface area (Å²) < 4.78 is 6.02. The van der Waals surface area contributed by atoms with Crippen molar-refractivity contribution in [2.45, 2.75) is 0 Å². The van der Waals surface area contributed by atoms with Gasteiger partial charge in [0.15, 0.2) is 5.76 Å². The number of furan rings is 1. The number of fused-ring (bicyclic) bond motifs is 1. The second kappa shape index (κ2) is 3.89. The number of carbonyl (C=O) groups is 1. The summed E-state index contributed by atoms with van der Waals surface area (Å²) >= 11 is 3.46. The van der Waals surface area contributed by atoms with Gasteiger partial charge in [0.1, 0.15) is 0 Å². The Morgan fingerprint density at radius 1 is 1.24 bits per heavy atom. The van der Waals surface area contributed by atoms with E-state index in [0.717, 1.165) is 15.4 Å². The number of rotatable bonds is 2. The molecule has 2 aromatic heterocycles. The topological polar surface area (TPSA) is 46.0 Å². The third-order valence-corrected chi connectivity index (χ3v) is 3.31. The standard InChI is InChI=1S/C13H8BrNO2/c14-9-3-1-4-10-12(9)8(7-15-10)13(16)11-5-2-6-17-11/h1-7,15H. The van der Waals surface area contributed by atoms with Crippen molar-refractivity contribution >= 4 is 32.6 Å². The molecule has 0 amide bonds. The second-order valence-corrected chi connectivity index (χ2v) is 4.53. The van der Waals surface area contributed by atoms with Crippen LogP contribution in [0.2, 0.25) is 0 Å². The van der Waals surface area contributed by atoms with E-state index in [-0.39, 0.29) is 5.78 Å². The lowest BCUT2D eigenvalue weighted by molar-refractivity contribution is 0.101. The van der Waals surface area contributed by atoms with Crippen LogP contribution in [0.1, 0.15) is 16.1 Å². The van der Waals surface area contributed by atoms with Gasteiger partial charge < -0.3 is 9.40 Å². The normalized spacial score (nSPS) is 10.9. The second-order valence-electron chi connectivity index (χ2n) is 3.67. The van der Waals surface area contributed by atoms with E-state index >= 15 is 0 Å². The van der Waals surface area contributed by atoms with Crippen molar-refractivity contribution in [3.63, 3.8) is 0 Å². The van der Waals surface area contributed by atoms with Crippen molar-refractivity contribution in [3.8, 4) is 0 Å². The molecule has 0 aliphatic carbocycles. The molecule has 0 saturated carbocycles. The molecule has 0 saturated heterocycles. The Labute approximate surface area is 106 Å². The molecule has 1 aromatic carbocycles. The molecule has 0 unspecified atom stereocenters. The number of aromatic nitrogens is 1. The zero-order chi connectivity index (χ0) is 11.8. The van der Waals surface area contributed by atoms with Crippen LogP contribution in [0, 0.1) is 0 Å². The highest BCUT2D eigenvalue weighted by Gasteiger charge is 2.17. The molecule has 3 aromatic rings. The average Bonchev–Trinajstić information content (AvgIpc) is 2.98. The van der Waals surface area contributed by atoms with Crippen molar-refractivity contribution in [1.29, 1.82) is 0 Å². The molecule has 0 fully saturated rings. The zero-order valence-corrected chi connectivity index (χ0v) is 10.3. The minimum absolute atomic E-state index is 0.117. The van der Waals surface area contributed by atoms with Crippen LogP contribution in [0.5, 0.6) is 0 Å². The molecule has 0 radical (unpaired) electrons. The highest BCUT2D eigenvalue weighted by atomic mass is 79.9. The fraction of sp³-hybridized carbons (Fsp3) is 0. The zero-order valence-electron chi connectivity index (χ0n) is 8.74. The van der Waals surface area contributed by atoms with Gasteiger partial charge in [0.05, 0.1) is 11.8 Å². The molecular formula is C13H8BrNO2. The van der Waals surface area contributed by atoms with E-state index < -0.39 is 0 Å². The molecule has 0 bridgehead atoms. The number of ketones is 1. The number of benzene rings is 1. The number of H-pyrrole nitrogens is 1. The molecule has 3 nitrogen and oxygen atoms in total. The minimum Gasteiger partial charge on any atom is -0.461 e. The number of carbonyl (C=O) groups excluding carboxylic acids is 1. The van der Waals surface area contributed by atoms with Crippen LogP contribution in [0.4, 0.5) is 0 Å². The maximum atomic E-state index is 12.2. The Bertz CT molecular complexity index is 683. The largest absolute Gasteiger partial charge is 0.461 e. The SMILES string of the molecule is O=C(c1ccco1)c1c[nH]c2cccc(Br)c12. The van der Waals surface area contributed by atoms with Crippen molar-refractivity contribution in [2.75, 3.05) is 0 Å². The molecule has 0 aliphatic rings. The summed E-state index contributed by atoms with van der Waals surface area (Å²) in [6.45, 7) is 0. The Balaban J connectivity index is 2.22. The van der Waals surface area contributed by atoms with Gasteiger partial charge in [-0.3, -0.25) is 4.79 Å². The first-order chi connectivity index (χ1) is 8.27. The number of hydrogen-bond acceptors (Lipinski definition) is 2. The monoisotopic (exact) mass is 289 g/mol. The van der Waals surface area contributed by atoms with Gasteiger partial charge in [0, 0.05) is 21.6 Å². The van der Waals surface area contributed by atoms with E-state index in [1.165, 1.54) is 6.26 Å². The van der Waals surface area contributed by atoms with Gasteiger partial charge in [-0.1, -0.05) is 22.0 Å². The van der Waals surface area contributed by atoms with Gasteiger partial charge in [0.2, 0.25) is 5.78 Å². The lowest BCUT2D eigenvalue weighted by Gasteiger charge is -1.98. The first-order valence-electron chi connectivity index (χ1n) is 5.11. The maximum absolute atomic E-state index is 12.2. The molecule has 0 atom stereocenters. The van der Waals surface area contributed by atoms with Crippen LogP contribution in [0.25, 0.3) is 10.9 Å². The Kier molecular flexibility index (Phi) is 2.37. The van der Waals surface area contributed by atoms with E-state index in [1.807, 2.05) is 18.2 Å². The van der Waals surface area contributed by atoms with Crippen LogP contribution < -0.4 is 0 Å². The van der Waals surface area contributed by atoms with Gasteiger partial charge >= 0.3 is 0 Å². The molecule has 2 heterocycles. The fourth-order valence-electron chi connectivity index (χ4n) is 1.86. The molecule has 4 heteroatoms. The smallest absolute Gasteiger partial charge is 0.230 e. The Morgan fingerprint density at radius 3 is 2.88 bits per heavy atom. The van der Waals surface area contributed by atoms with Crippen molar-refractivity contribution in [3.05, 3.63) is 58.6 Å². The molecule has 1 N–H and O–H groups in total. The fourth-order valence-corrected chi connectivity index (χ4v) is 2.44. The first kappa shape index (κ1) is 10.4. The summed E-state index contributed by atoms with van der Waals surface area (Å²) in [7, 11) is 0. The predicted octanol–water partition coefficient (Wildman–Crippen LogP) is 3.75. The minimum atomic E-state index is -0.117. The number of aromatic amines is 1. The van der Waals surface area contributed by atoms with E-state index in [0.29, 0.717) is 11.3 Å². The van der Waals surface area contributed by atoms with E-state index in [2.05, 4.69) is 20.9 Å². The van der Waals surface area contributed by atoms with Gasteiger partial charge in [0.25, 0.3) is 0 Å². The van der Waals surface area contributed by atoms with Crippen molar-refractivity contribution in [1.82, 2.24) is 4.98 Å². The van der Waals surface area contributed by atoms with Crippen molar-refractivity contribution < 1.29 is 9.21 Å². The molecular weight excluding hydrogens is 282 g/mol. The molecule has 3 rings (SSSR count). The predicted molar refractivity (Wildman–Crippen MR) is 68.1 cm³/mol. The maximum Gasteiger partial charge on any atom is 0.230 e. The number of halogens is 1. The van der Waals surface area contributed by atoms with Gasteiger partial charge in [-0.05, 0) is 24.3 Å². The first-order valence-corrected chi connectivity index (χ1v) is 5.90. The summed E-state index contributed by atoms with van der Waals surface area (Å²) in [6.07, 6.45) is 3.21. The third-order valence-electron chi connectivity index (χ3n) is 2.64. The summed E-state index contributed by atoms with van der Waals surface area (Å²) in [5.41, 5.74) is 1.54. The number of nitrogens with one attached hydrogen (secondary N) is 1. The van der Waals surface area contributed by atoms with E-state index in [1.54, 1.807) is 18.3 Å². The summed E-state index contributed by atoms with van der Waals surface area (Å²) in [5, 5.41) is 0.883. The van der Waals surface area contributed by atoms with E-state index in [4.69, 9.17) is 4.42 Å². The quantitative estimate of drug-likeness (QED) is 0.730. The number of hydrogen-bond donors (Lipinski definition) is 1. The Hall–Kier alpha value is -1.81. The van der Waals surface area contributed by atoms with Crippen molar-refractivity contribution in [2.24, 2.45) is 0 Å². The molecule has 84 valence electrons. The molecule has 0 aliphatic heterocycles. The van der Waals surface area contributed by atoms with Crippen LogP contribution in [-0.2, 0) is 0 Å². The van der Waals surface area contributed by atoms with Crippen LogP contribution >= 0.6 is 15.9 Å². The summed E-state index contributed by atoms with van der Waals surface area (Å²) in [6, 6.07) is 9.13. The third kappa shape index (κ3) is 1.61. The average molecular weight is 290 g/mol. The van der Waals surface area contributed by atoms with Gasteiger partial charge in [-0.2, -0.15) is 0 Å². The van der Waals surface area contributed by atoms with Crippen LogP contribution in [0.15, 0.2) is 51.7 Å². The molecule has 0 spiro atoms. The lowest BCUT2D eigenvalue weighted by atomic mass is 10.1. The van der Waals surface area contributed by atoms with Gasteiger partial charge in [-0.15, -0.1) is 0 Å². The van der Waals surface area contributed by atoms with Crippen LogP contribution in [0.3, 0.4) is 0 Å². The highest BCUT2D eigenvalue weighted by Crippen LogP contribution is 2.28.